The van der Waals surface area contributed by atoms with Gasteiger partial charge in [-0.15, -0.1) is 0 Å². The van der Waals surface area contributed by atoms with Crippen molar-refractivity contribution in [3.8, 4) is 11.1 Å². The first-order chi connectivity index (χ1) is 12.6. The molecule has 5 nitrogen and oxygen atoms in total. The number of nitrogens with zero attached hydrogens (tertiary/aromatic N) is 2. The van der Waals surface area contributed by atoms with Crippen LogP contribution in [-0.4, -0.2) is 16.9 Å². The maximum Gasteiger partial charge on any atom is 0.280 e. The van der Waals surface area contributed by atoms with Crippen molar-refractivity contribution in [2.45, 2.75) is 0 Å². The van der Waals surface area contributed by atoms with E-state index >= 15 is 0 Å². The molecule has 0 radical (unpaired) electrons. The Hall–Kier alpha value is -3.73. The van der Waals surface area contributed by atoms with E-state index in [9.17, 15) is 4.79 Å². The van der Waals surface area contributed by atoms with Crippen LogP contribution in [-0.2, 0) is 0 Å². The zero-order valence-electron chi connectivity index (χ0n) is 13.9. The Morgan fingerprint density at radius 1 is 0.846 bits per heavy atom. The molecule has 0 unspecified atom stereocenters. The zero-order chi connectivity index (χ0) is 18.1. The van der Waals surface area contributed by atoms with Crippen LogP contribution in [0.1, 0.15) is 10.4 Å². The number of amides is 1. The normalized spacial score (nSPS) is 10.8. The van der Waals surface area contributed by atoms with Crippen LogP contribution < -0.4 is 11.5 Å². The van der Waals surface area contributed by atoms with Crippen LogP contribution in [0, 0.1) is 0 Å². The lowest BCUT2D eigenvalue weighted by Gasteiger charge is -2.10. The average Bonchev–Trinajstić information content (AvgIpc) is 2.66. The van der Waals surface area contributed by atoms with Gasteiger partial charge in [-0.1, -0.05) is 42.5 Å². The van der Waals surface area contributed by atoms with Crippen LogP contribution in [0.3, 0.4) is 0 Å². The van der Waals surface area contributed by atoms with E-state index in [4.69, 9.17) is 11.5 Å². The summed E-state index contributed by atoms with van der Waals surface area (Å²) in [6.45, 7) is 0. The number of rotatable bonds is 2. The van der Waals surface area contributed by atoms with Gasteiger partial charge < -0.3 is 11.5 Å². The van der Waals surface area contributed by atoms with E-state index in [1.165, 1.54) is 0 Å². The predicted octanol–water partition coefficient (Wildman–Crippen LogP) is 3.47. The number of aromatic nitrogens is 1. The third kappa shape index (κ3) is 2.75. The molecule has 0 saturated heterocycles. The summed E-state index contributed by atoms with van der Waals surface area (Å²) in [6.07, 6.45) is 1.78. The molecule has 1 amide bonds. The Balaban J connectivity index is 1.98. The molecule has 4 N–H and O–H groups in total. The molecule has 0 bridgehead atoms. The van der Waals surface area contributed by atoms with Gasteiger partial charge in [-0.25, -0.2) is 0 Å². The summed E-state index contributed by atoms with van der Waals surface area (Å²) in [5, 5.41) is 3.05. The monoisotopic (exact) mass is 340 g/mol. The summed E-state index contributed by atoms with van der Waals surface area (Å²) >= 11 is 0. The molecular formula is C21H16N4O. The van der Waals surface area contributed by atoms with Gasteiger partial charge in [-0.3, -0.25) is 9.78 Å². The SMILES string of the molecule is NC(N)=NC(=O)c1ccc2cccc(-c3cccc4ncccc34)c2c1. The summed E-state index contributed by atoms with van der Waals surface area (Å²) in [4.78, 5) is 20.3. The topological polar surface area (TPSA) is 94.4 Å². The fourth-order valence-electron chi connectivity index (χ4n) is 3.16. The van der Waals surface area contributed by atoms with Gasteiger partial charge in [0.15, 0.2) is 5.96 Å². The highest BCUT2D eigenvalue weighted by Crippen LogP contribution is 2.33. The van der Waals surface area contributed by atoms with E-state index in [0.717, 1.165) is 32.8 Å². The zero-order valence-corrected chi connectivity index (χ0v) is 13.9. The summed E-state index contributed by atoms with van der Waals surface area (Å²) in [5.41, 5.74) is 14.1. The standard InChI is InChI=1S/C21H16N4O/c22-21(23)25-20(26)14-10-9-13-4-1-5-16(18(13)12-14)15-6-2-8-19-17(15)7-3-11-24-19/h1-12H,(H4,22,23,25,26). The number of fused-ring (bicyclic) bond motifs is 2. The molecule has 0 fully saturated rings. The lowest BCUT2D eigenvalue weighted by Crippen LogP contribution is -2.24. The summed E-state index contributed by atoms with van der Waals surface area (Å²) in [7, 11) is 0. The highest BCUT2D eigenvalue weighted by molar-refractivity contribution is 6.08. The Labute approximate surface area is 150 Å². The van der Waals surface area contributed by atoms with Crippen LogP contribution >= 0.6 is 0 Å². The molecule has 1 heterocycles. The molecule has 0 atom stereocenters. The molecule has 1 aromatic heterocycles. The van der Waals surface area contributed by atoms with Gasteiger partial charge in [0.25, 0.3) is 5.91 Å². The fourth-order valence-corrected chi connectivity index (χ4v) is 3.16. The van der Waals surface area contributed by atoms with E-state index in [1.54, 1.807) is 12.3 Å². The minimum atomic E-state index is -0.457. The number of guanidine groups is 1. The van der Waals surface area contributed by atoms with Gasteiger partial charge in [0, 0.05) is 17.1 Å². The van der Waals surface area contributed by atoms with Crippen LogP contribution in [0.4, 0.5) is 0 Å². The van der Waals surface area contributed by atoms with E-state index in [1.807, 2.05) is 54.6 Å². The van der Waals surface area contributed by atoms with E-state index in [2.05, 4.69) is 16.0 Å². The third-order valence-electron chi connectivity index (χ3n) is 4.30. The molecule has 0 aliphatic heterocycles. The summed E-state index contributed by atoms with van der Waals surface area (Å²) < 4.78 is 0. The van der Waals surface area contributed by atoms with Crippen LogP contribution in [0.5, 0.6) is 0 Å². The number of carbonyl (C=O) groups is 1. The van der Waals surface area contributed by atoms with Gasteiger partial charge >= 0.3 is 0 Å². The molecular weight excluding hydrogens is 324 g/mol. The number of aliphatic imine (C=N–C) groups is 1. The van der Waals surface area contributed by atoms with Crippen molar-refractivity contribution in [1.29, 1.82) is 0 Å². The van der Waals surface area contributed by atoms with Crippen LogP contribution in [0.2, 0.25) is 0 Å². The molecule has 5 heteroatoms. The Bertz CT molecular complexity index is 1170. The van der Waals surface area contributed by atoms with Gasteiger partial charge in [0.05, 0.1) is 5.52 Å². The molecule has 0 aliphatic rings. The molecule has 0 spiro atoms. The van der Waals surface area contributed by atoms with Crippen molar-refractivity contribution in [1.82, 2.24) is 4.98 Å². The second kappa shape index (κ2) is 6.29. The van der Waals surface area contributed by atoms with Crippen LogP contribution in [0.25, 0.3) is 32.8 Å². The average molecular weight is 340 g/mol. The Morgan fingerprint density at radius 3 is 2.42 bits per heavy atom. The highest BCUT2D eigenvalue weighted by atomic mass is 16.1. The molecule has 3 aromatic carbocycles. The first-order valence-corrected chi connectivity index (χ1v) is 8.14. The first kappa shape index (κ1) is 15.8. The smallest absolute Gasteiger partial charge is 0.280 e. The molecule has 0 saturated carbocycles. The van der Waals surface area contributed by atoms with Crippen molar-refractivity contribution >= 4 is 33.5 Å². The third-order valence-corrected chi connectivity index (χ3v) is 4.30. The van der Waals surface area contributed by atoms with Crippen LogP contribution in [0.15, 0.2) is 77.9 Å². The Kier molecular flexibility index (Phi) is 3.82. The maximum absolute atomic E-state index is 12.2. The van der Waals surface area contributed by atoms with E-state index in [0.29, 0.717) is 5.56 Å². The maximum atomic E-state index is 12.2. The largest absolute Gasteiger partial charge is 0.370 e. The van der Waals surface area contributed by atoms with Gasteiger partial charge in [0.1, 0.15) is 0 Å². The fraction of sp³-hybridized carbons (Fsp3) is 0. The van der Waals surface area contributed by atoms with Crippen molar-refractivity contribution < 1.29 is 4.79 Å². The molecule has 0 aliphatic carbocycles. The summed E-state index contributed by atoms with van der Waals surface area (Å²) in [6, 6.07) is 21.5. The first-order valence-electron chi connectivity index (χ1n) is 8.14. The lowest BCUT2D eigenvalue weighted by molar-refractivity contribution is 0.100. The second-order valence-corrected chi connectivity index (χ2v) is 5.96. The predicted molar refractivity (Wildman–Crippen MR) is 105 cm³/mol. The Morgan fingerprint density at radius 2 is 1.62 bits per heavy atom. The second-order valence-electron chi connectivity index (χ2n) is 5.96. The summed E-state index contributed by atoms with van der Waals surface area (Å²) in [5.74, 6) is -0.704. The number of benzene rings is 3. The van der Waals surface area contributed by atoms with Gasteiger partial charge in [0.2, 0.25) is 0 Å². The van der Waals surface area contributed by atoms with Gasteiger partial charge in [-0.2, -0.15) is 4.99 Å². The van der Waals surface area contributed by atoms with Gasteiger partial charge in [-0.05, 0) is 46.2 Å². The minimum Gasteiger partial charge on any atom is -0.370 e. The quantitative estimate of drug-likeness (QED) is 0.431. The molecule has 4 rings (SSSR count). The van der Waals surface area contributed by atoms with Crippen molar-refractivity contribution in [2.75, 3.05) is 0 Å². The molecule has 4 aromatic rings. The number of hydrogen-bond acceptors (Lipinski definition) is 2. The number of nitrogens with two attached hydrogens (primary N) is 2. The van der Waals surface area contributed by atoms with E-state index in [-0.39, 0.29) is 5.96 Å². The minimum absolute atomic E-state index is 0.247. The van der Waals surface area contributed by atoms with Crippen molar-refractivity contribution in [2.24, 2.45) is 16.5 Å². The highest BCUT2D eigenvalue weighted by Gasteiger charge is 2.11. The van der Waals surface area contributed by atoms with Crippen molar-refractivity contribution in [3.63, 3.8) is 0 Å². The molecule has 26 heavy (non-hydrogen) atoms. The molecule has 126 valence electrons. The number of carbonyl (C=O) groups excluding carboxylic acids is 1. The number of hydrogen-bond donors (Lipinski definition) is 2. The number of pyridine rings is 1. The van der Waals surface area contributed by atoms with E-state index < -0.39 is 5.91 Å². The van der Waals surface area contributed by atoms with Crippen molar-refractivity contribution in [3.05, 3.63) is 78.5 Å². The lowest BCUT2D eigenvalue weighted by atomic mass is 9.94.